The normalized spacial score (nSPS) is 15.4. The molecule has 1 aromatic carbocycles. The molecule has 128 valence electrons. The summed E-state index contributed by atoms with van der Waals surface area (Å²) in [6.45, 7) is 0.234. The SMILES string of the molecule is COC(=O)COc1ccc(NC(=O)C2(CN)CCCC2)cc1.Cl. The maximum atomic E-state index is 12.4. The lowest BCUT2D eigenvalue weighted by atomic mass is 9.85. The van der Waals surface area contributed by atoms with Crippen LogP contribution in [0.2, 0.25) is 0 Å². The first kappa shape index (κ1) is 19.3. The summed E-state index contributed by atoms with van der Waals surface area (Å²) in [5, 5.41) is 2.91. The molecule has 1 aliphatic rings. The number of amides is 1. The van der Waals surface area contributed by atoms with E-state index in [1.807, 2.05) is 0 Å². The van der Waals surface area contributed by atoms with Crippen LogP contribution in [0.15, 0.2) is 24.3 Å². The van der Waals surface area contributed by atoms with Crippen molar-refractivity contribution >= 4 is 30.0 Å². The minimum atomic E-state index is -0.441. The van der Waals surface area contributed by atoms with E-state index in [2.05, 4.69) is 10.1 Å². The van der Waals surface area contributed by atoms with Gasteiger partial charge in [-0.1, -0.05) is 12.8 Å². The summed E-state index contributed by atoms with van der Waals surface area (Å²) in [7, 11) is 1.31. The van der Waals surface area contributed by atoms with Crippen LogP contribution in [0.25, 0.3) is 0 Å². The largest absolute Gasteiger partial charge is 0.482 e. The molecule has 1 fully saturated rings. The van der Waals surface area contributed by atoms with Gasteiger partial charge in [-0.25, -0.2) is 4.79 Å². The van der Waals surface area contributed by atoms with E-state index in [0.29, 0.717) is 18.0 Å². The van der Waals surface area contributed by atoms with Gasteiger partial charge in [-0.05, 0) is 37.1 Å². The van der Waals surface area contributed by atoms with E-state index in [9.17, 15) is 9.59 Å². The zero-order valence-corrected chi connectivity index (χ0v) is 14.0. The van der Waals surface area contributed by atoms with Crippen molar-refractivity contribution < 1.29 is 19.1 Å². The van der Waals surface area contributed by atoms with Crippen molar-refractivity contribution in [1.29, 1.82) is 0 Å². The molecule has 7 heteroatoms. The molecule has 0 unspecified atom stereocenters. The number of anilines is 1. The Bertz CT molecular complexity index is 527. The van der Waals surface area contributed by atoms with E-state index in [1.165, 1.54) is 7.11 Å². The Morgan fingerprint density at radius 2 is 1.83 bits per heavy atom. The molecule has 0 bridgehead atoms. The zero-order chi connectivity index (χ0) is 16.0. The fourth-order valence-electron chi connectivity index (χ4n) is 2.68. The Hall–Kier alpha value is -1.79. The Morgan fingerprint density at radius 1 is 1.22 bits per heavy atom. The number of nitrogens with two attached hydrogens (primary N) is 1. The van der Waals surface area contributed by atoms with Crippen LogP contribution in [-0.2, 0) is 14.3 Å². The van der Waals surface area contributed by atoms with Crippen LogP contribution in [0, 0.1) is 5.41 Å². The minimum Gasteiger partial charge on any atom is -0.482 e. The number of halogens is 1. The number of hydrogen-bond donors (Lipinski definition) is 2. The van der Waals surface area contributed by atoms with Gasteiger partial charge in [0.25, 0.3) is 0 Å². The van der Waals surface area contributed by atoms with Gasteiger partial charge in [0.05, 0.1) is 12.5 Å². The third kappa shape index (κ3) is 4.84. The zero-order valence-electron chi connectivity index (χ0n) is 13.2. The molecule has 0 spiro atoms. The number of rotatable bonds is 6. The fourth-order valence-corrected chi connectivity index (χ4v) is 2.68. The summed E-state index contributed by atoms with van der Waals surface area (Å²) < 4.78 is 9.75. The molecule has 1 saturated carbocycles. The maximum Gasteiger partial charge on any atom is 0.343 e. The maximum absolute atomic E-state index is 12.4. The smallest absolute Gasteiger partial charge is 0.343 e. The lowest BCUT2D eigenvalue weighted by Crippen LogP contribution is -2.40. The highest BCUT2D eigenvalue weighted by Gasteiger charge is 2.39. The first-order valence-electron chi connectivity index (χ1n) is 7.41. The second-order valence-electron chi connectivity index (χ2n) is 5.53. The number of hydrogen-bond acceptors (Lipinski definition) is 5. The highest BCUT2D eigenvalue weighted by Crippen LogP contribution is 2.38. The average molecular weight is 343 g/mol. The number of carbonyl (C=O) groups is 2. The molecule has 1 aromatic rings. The van der Waals surface area contributed by atoms with Gasteiger partial charge in [-0.3, -0.25) is 4.79 Å². The van der Waals surface area contributed by atoms with Crippen LogP contribution in [0.1, 0.15) is 25.7 Å². The van der Waals surface area contributed by atoms with E-state index >= 15 is 0 Å². The van der Waals surface area contributed by atoms with Gasteiger partial charge >= 0.3 is 5.97 Å². The van der Waals surface area contributed by atoms with Gasteiger partial charge in [0.1, 0.15) is 5.75 Å². The lowest BCUT2D eigenvalue weighted by molar-refractivity contribution is -0.142. The molecular weight excluding hydrogens is 320 g/mol. The van der Waals surface area contributed by atoms with Crippen LogP contribution >= 0.6 is 12.4 Å². The van der Waals surface area contributed by atoms with Crippen molar-refractivity contribution in [1.82, 2.24) is 0 Å². The Balaban J connectivity index is 0.00000264. The van der Waals surface area contributed by atoms with E-state index in [4.69, 9.17) is 10.5 Å². The van der Waals surface area contributed by atoms with Crippen molar-refractivity contribution in [3.8, 4) is 5.75 Å². The Kier molecular flexibility index (Phi) is 7.32. The van der Waals surface area contributed by atoms with Crippen molar-refractivity contribution in [2.45, 2.75) is 25.7 Å². The van der Waals surface area contributed by atoms with E-state index < -0.39 is 11.4 Å². The monoisotopic (exact) mass is 342 g/mol. The Labute approximate surface area is 142 Å². The molecule has 0 radical (unpaired) electrons. The fraction of sp³-hybridized carbons (Fsp3) is 0.500. The van der Waals surface area contributed by atoms with Gasteiger partial charge in [-0.15, -0.1) is 12.4 Å². The number of nitrogens with one attached hydrogen (secondary N) is 1. The van der Waals surface area contributed by atoms with Crippen molar-refractivity contribution in [2.75, 3.05) is 25.6 Å². The van der Waals surface area contributed by atoms with Crippen LogP contribution in [0.3, 0.4) is 0 Å². The summed E-state index contributed by atoms with van der Waals surface area (Å²) in [6, 6.07) is 6.87. The van der Waals surface area contributed by atoms with Gasteiger partial charge in [0, 0.05) is 12.2 Å². The Morgan fingerprint density at radius 3 is 2.35 bits per heavy atom. The second kappa shape index (κ2) is 8.74. The number of benzene rings is 1. The van der Waals surface area contributed by atoms with Gasteiger partial charge in [-0.2, -0.15) is 0 Å². The summed E-state index contributed by atoms with van der Waals surface area (Å²) >= 11 is 0. The molecule has 23 heavy (non-hydrogen) atoms. The van der Waals surface area contributed by atoms with Crippen LogP contribution in [-0.4, -0.2) is 32.1 Å². The number of esters is 1. The molecule has 3 N–H and O–H groups in total. The molecule has 0 aromatic heterocycles. The van der Waals surface area contributed by atoms with Crippen molar-refractivity contribution in [2.24, 2.45) is 11.1 Å². The minimum absolute atomic E-state index is 0. The van der Waals surface area contributed by atoms with E-state index in [1.54, 1.807) is 24.3 Å². The molecule has 0 heterocycles. The highest BCUT2D eigenvalue weighted by atomic mass is 35.5. The van der Waals surface area contributed by atoms with E-state index in [0.717, 1.165) is 25.7 Å². The van der Waals surface area contributed by atoms with Crippen LogP contribution in [0.4, 0.5) is 5.69 Å². The first-order valence-corrected chi connectivity index (χ1v) is 7.41. The molecule has 0 saturated heterocycles. The molecular formula is C16H23ClN2O4. The molecule has 2 rings (SSSR count). The lowest BCUT2D eigenvalue weighted by Gasteiger charge is -2.25. The van der Waals surface area contributed by atoms with Gasteiger partial charge < -0.3 is 20.5 Å². The number of ether oxygens (including phenoxy) is 2. The molecule has 6 nitrogen and oxygen atoms in total. The average Bonchev–Trinajstić information content (AvgIpc) is 3.04. The highest BCUT2D eigenvalue weighted by molar-refractivity contribution is 5.95. The number of carbonyl (C=O) groups excluding carboxylic acids is 2. The molecule has 0 atom stereocenters. The quantitative estimate of drug-likeness (QED) is 0.773. The molecule has 1 aliphatic carbocycles. The summed E-state index contributed by atoms with van der Waals surface area (Å²) in [5.41, 5.74) is 6.06. The topological polar surface area (TPSA) is 90.6 Å². The third-order valence-corrected chi connectivity index (χ3v) is 4.13. The van der Waals surface area contributed by atoms with Crippen LogP contribution in [0.5, 0.6) is 5.75 Å². The summed E-state index contributed by atoms with van der Waals surface area (Å²) in [6.07, 6.45) is 3.78. The number of methoxy groups -OCH3 is 1. The summed E-state index contributed by atoms with van der Waals surface area (Å²) in [4.78, 5) is 23.4. The van der Waals surface area contributed by atoms with Crippen molar-refractivity contribution in [3.05, 3.63) is 24.3 Å². The first-order chi connectivity index (χ1) is 10.6. The second-order valence-corrected chi connectivity index (χ2v) is 5.53. The predicted molar refractivity (Wildman–Crippen MR) is 89.8 cm³/mol. The van der Waals surface area contributed by atoms with Crippen LogP contribution < -0.4 is 15.8 Å². The van der Waals surface area contributed by atoms with E-state index in [-0.39, 0.29) is 24.9 Å². The molecule has 1 amide bonds. The standard InChI is InChI=1S/C16H22N2O4.ClH/c1-21-14(19)10-22-13-6-4-12(5-7-13)18-15(20)16(11-17)8-2-3-9-16;/h4-7H,2-3,8-11,17H2,1H3,(H,18,20);1H. The third-order valence-electron chi connectivity index (χ3n) is 4.13. The van der Waals surface area contributed by atoms with Gasteiger partial charge in [0.15, 0.2) is 6.61 Å². The predicted octanol–water partition coefficient (Wildman–Crippen LogP) is 2.12. The van der Waals surface area contributed by atoms with Gasteiger partial charge in [0.2, 0.25) is 5.91 Å². The molecule has 0 aliphatic heterocycles. The van der Waals surface area contributed by atoms with Crippen molar-refractivity contribution in [3.63, 3.8) is 0 Å². The summed E-state index contributed by atoms with van der Waals surface area (Å²) in [5.74, 6) is 0.0806.